The quantitative estimate of drug-likeness (QED) is 0.624. The molecular weight excluding hydrogens is 479 g/mol. The third kappa shape index (κ3) is 5.09. The number of anilines is 2. The molecule has 11 heteroatoms. The highest BCUT2D eigenvalue weighted by Crippen LogP contribution is 2.37. The number of hydrogen-bond donors (Lipinski definition) is 1. The Morgan fingerprint density at radius 1 is 1.22 bits per heavy atom. The Morgan fingerprint density at radius 3 is 2.76 bits per heavy atom. The summed E-state index contributed by atoms with van der Waals surface area (Å²) < 4.78 is 26.5. The number of nitrogens with zero attached hydrogens (tertiary/aromatic N) is 6. The second kappa shape index (κ2) is 10.6. The highest BCUT2D eigenvalue weighted by Gasteiger charge is 2.33. The van der Waals surface area contributed by atoms with E-state index < -0.39 is 6.09 Å². The molecule has 37 heavy (non-hydrogen) atoms. The predicted octanol–water partition coefficient (Wildman–Crippen LogP) is 2.85. The van der Waals surface area contributed by atoms with Gasteiger partial charge in [-0.15, -0.1) is 0 Å². The third-order valence-corrected chi connectivity index (χ3v) is 7.76. The molecule has 1 N–H and O–H groups in total. The summed E-state index contributed by atoms with van der Waals surface area (Å²) in [5.74, 6) is 0.936. The number of ether oxygens (including phenoxy) is 2. The van der Waals surface area contributed by atoms with Crippen molar-refractivity contribution in [3.8, 4) is 11.8 Å². The van der Waals surface area contributed by atoms with Crippen molar-refractivity contribution < 1.29 is 23.8 Å². The van der Waals surface area contributed by atoms with Gasteiger partial charge in [0.25, 0.3) is 0 Å². The monoisotopic (exact) mass is 514 g/mol. The first kappa shape index (κ1) is 25.3. The molecule has 0 radical (unpaired) electrons. The molecule has 3 aliphatic heterocycles. The van der Waals surface area contributed by atoms with Crippen LogP contribution in [0.4, 0.5) is 20.7 Å². The molecule has 0 aliphatic carbocycles. The van der Waals surface area contributed by atoms with E-state index in [1.165, 1.54) is 11.0 Å². The molecule has 0 spiro atoms. The maximum atomic E-state index is 14.9. The topological polar surface area (TPSA) is 94.5 Å². The zero-order chi connectivity index (χ0) is 26.1. The van der Waals surface area contributed by atoms with E-state index in [9.17, 15) is 14.3 Å². The number of methoxy groups -OCH3 is 1. The maximum absolute atomic E-state index is 14.9. The second-order valence-electron chi connectivity index (χ2n) is 10.1. The largest absolute Gasteiger partial charge is 0.494 e. The van der Waals surface area contributed by atoms with Crippen LogP contribution in [0.15, 0.2) is 18.2 Å². The number of rotatable bonds is 6. The number of carboxylic acid groups (broad SMARTS) is 1. The number of benzene rings is 1. The van der Waals surface area contributed by atoms with Crippen LogP contribution >= 0.6 is 0 Å². The number of likely N-dealkylation sites (tertiary alicyclic amines) is 1. The minimum atomic E-state index is -0.907. The van der Waals surface area contributed by atoms with Gasteiger partial charge in [0.05, 0.1) is 19.3 Å². The first-order valence-corrected chi connectivity index (χ1v) is 12.9. The van der Waals surface area contributed by atoms with E-state index in [0.717, 1.165) is 36.5 Å². The summed E-state index contributed by atoms with van der Waals surface area (Å²) in [6.45, 7) is 5.87. The number of halogens is 1. The van der Waals surface area contributed by atoms with Gasteiger partial charge in [-0.2, -0.15) is 9.97 Å². The average Bonchev–Trinajstić information content (AvgIpc) is 3.30. The van der Waals surface area contributed by atoms with E-state index >= 15 is 0 Å². The lowest BCUT2D eigenvalue weighted by Gasteiger charge is -2.41. The summed E-state index contributed by atoms with van der Waals surface area (Å²) in [4.78, 5) is 29.0. The average molecular weight is 515 g/mol. The molecule has 2 aromatic rings. The summed E-state index contributed by atoms with van der Waals surface area (Å²) in [6.07, 6.45) is 1.93. The number of amides is 1. The molecule has 0 bridgehead atoms. The van der Waals surface area contributed by atoms with Crippen molar-refractivity contribution in [1.82, 2.24) is 19.8 Å². The highest BCUT2D eigenvalue weighted by molar-refractivity contribution is 5.66. The van der Waals surface area contributed by atoms with Gasteiger partial charge >= 0.3 is 12.1 Å². The molecule has 1 aromatic heterocycles. The van der Waals surface area contributed by atoms with E-state index in [1.54, 1.807) is 19.2 Å². The minimum absolute atomic E-state index is 0.0534. The first-order valence-electron chi connectivity index (χ1n) is 12.9. The van der Waals surface area contributed by atoms with Gasteiger partial charge in [0.2, 0.25) is 0 Å². The van der Waals surface area contributed by atoms with Gasteiger partial charge in [0, 0.05) is 43.8 Å². The van der Waals surface area contributed by atoms with Gasteiger partial charge in [-0.3, -0.25) is 0 Å². The number of para-hydroxylation sites is 1. The van der Waals surface area contributed by atoms with Gasteiger partial charge in [-0.1, -0.05) is 6.07 Å². The van der Waals surface area contributed by atoms with Crippen molar-refractivity contribution in [2.75, 3.05) is 63.3 Å². The number of carbonyl (C=O) groups is 1. The Morgan fingerprint density at radius 2 is 2.05 bits per heavy atom. The van der Waals surface area contributed by atoms with Crippen molar-refractivity contribution >= 4 is 17.6 Å². The molecule has 2 atom stereocenters. The second-order valence-corrected chi connectivity index (χ2v) is 10.1. The minimum Gasteiger partial charge on any atom is -0.494 e. The standard InChI is InChI=1S/C26H35FN6O4/c1-17-14-32(26(34)35)12-13-33(17)24-19-9-11-31(23-20(27)7-4-8-22(23)36-3)15-21(19)28-25(29-24)37-16-18-6-5-10-30(18)2/h4,7-8,17-18H,5-6,9-16H2,1-3H3,(H,34,35)/t17-,18-/m0/s1. The molecule has 0 saturated carbocycles. The van der Waals surface area contributed by atoms with Crippen LogP contribution < -0.4 is 19.3 Å². The van der Waals surface area contributed by atoms with Crippen molar-refractivity contribution in [1.29, 1.82) is 0 Å². The lowest BCUT2D eigenvalue weighted by Crippen LogP contribution is -2.54. The number of fused-ring (bicyclic) bond motifs is 1. The van der Waals surface area contributed by atoms with Crippen molar-refractivity contribution in [3.63, 3.8) is 0 Å². The van der Waals surface area contributed by atoms with Crippen LogP contribution in [0.1, 0.15) is 31.0 Å². The lowest BCUT2D eigenvalue weighted by atomic mass is 10.0. The maximum Gasteiger partial charge on any atom is 0.407 e. The number of aromatic nitrogens is 2. The Kier molecular flexibility index (Phi) is 7.23. The molecule has 200 valence electrons. The normalized spacial score (nSPS) is 22.2. The zero-order valence-corrected chi connectivity index (χ0v) is 21.7. The summed E-state index contributed by atoms with van der Waals surface area (Å²) in [7, 11) is 3.64. The zero-order valence-electron chi connectivity index (χ0n) is 21.7. The molecule has 1 aromatic carbocycles. The molecule has 5 rings (SSSR count). The van der Waals surface area contributed by atoms with E-state index in [2.05, 4.69) is 16.8 Å². The SMILES string of the molecule is COc1cccc(F)c1N1CCc2c(nc(OC[C@@H]3CCCN3C)nc2N2CCN(C(=O)O)C[C@@H]2C)C1. The Balaban J connectivity index is 1.47. The van der Waals surface area contributed by atoms with Gasteiger partial charge < -0.3 is 34.2 Å². The highest BCUT2D eigenvalue weighted by atomic mass is 19.1. The van der Waals surface area contributed by atoms with Crippen LogP contribution in [-0.2, 0) is 13.0 Å². The summed E-state index contributed by atoms with van der Waals surface area (Å²) in [5.41, 5.74) is 2.23. The van der Waals surface area contributed by atoms with Crippen LogP contribution in [0.25, 0.3) is 0 Å². The molecule has 1 amide bonds. The summed E-state index contributed by atoms with van der Waals surface area (Å²) in [5, 5.41) is 9.46. The van der Waals surface area contributed by atoms with E-state index in [1.807, 2.05) is 11.8 Å². The molecule has 3 aliphatic rings. The van der Waals surface area contributed by atoms with Gasteiger partial charge in [0.1, 0.15) is 29.7 Å². The van der Waals surface area contributed by atoms with E-state index in [-0.39, 0.29) is 11.9 Å². The number of hydrogen-bond acceptors (Lipinski definition) is 8. The number of piperazine rings is 1. The molecule has 0 unspecified atom stereocenters. The smallest absolute Gasteiger partial charge is 0.407 e. The summed E-state index contributed by atoms with van der Waals surface area (Å²) >= 11 is 0. The van der Waals surface area contributed by atoms with Crippen molar-refractivity contribution in [2.45, 2.75) is 44.8 Å². The van der Waals surface area contributed by atoms with Crippen LogP contribution in [0.2, 0.25) is 0 Å². The van der Waals surface area contributed by atoms with E-state index in [0.29, 0.717) is 69.2 Å². The molecular formula is C26H35FN6O4. The van der Waals surface area contributed by atoms with Gasteiger partial charge in [-0.05, 0) is 51.9 Å². The first-order chi connectivity index (χ1) is 17.9. The Labute approximate surface area is 216 Å². The van der Waals surface area contributed by atoms with Crippen LogP contribution in [0, 0.1) is 5.82 Å². The van der Waals surface area contributed by atoms with Gasteiger partial charge in [-0.25, -0.2) is 9.18 Å². The molecule has 4 heterocycles. The fraction of sp³-hybridized carbons (Fsp3) is 0.577. The third-order valence-electron chi connectivity index (χ3n) is 7.76. The molecule has 2 saturated heterocycles. The molecule has 10 nitrogen and oxygen atoms in total. The lowest BCUT2D eigenvalue weighted by molar-refractivity contribution is 0.136. The van der Waals surface area contributed by atoms with E-state index in [4.69, 9.17) is 19.4 Å². The molecule has 2 fully saturated rings. The fourth-order valence-electron chi connectivity index (χ4n) is 5.66. The van der Waals surface area contributed by atoms with Crippen molar-refractivity contribution in [2.24, 2.45) is 0 Å². The van der Waals surface area contributed by atoms with Crippen LogP contribution in [0.3, 0.4) is 0 Å². The van der Waals surface area contributed by atoms with Gasteiger partial charge in [0.15, 0.2) is 0 Å². The fourth-order valence-corrected chi connectivity index (χ4v) is 5.66. The summed E-state index contributed by atoms with van der Waals surface area (Å²) in [6, 6.07) is 5.41. The Bertz CT molecular complexity index is 1150. The predicted molar refractivity (Wildman–Crippen MR) is 137 cm³/mol. The Hall–Kier alpha value is -3.34. The van der Waals surface area contributed by atoms with Crippen molar-refractivity contribution in [3.05, 3.63) is 35.3 Å². The van der Waals surface area contributed by atoms with Crippen LogP contribution in [0.5, 0.6) is 11.8 Å². The number of likely N-dealkylation sites (N-methyl/N-ethyl adjacent to an activating group) is 1. The van der Waals surface area contributed by atoms with Crippen LogP contribution in [-0.4, -0.2) is 96.5 Å².